The quantitative estimate of drug-likeness (QED) is 0.800. The number of alkyl halides is 4. The molecule has 0 N–H and O–H groups in total. The highest BCUT2D eigenvalue weighted by molar-refractivity contribution is 6.18. The van der Waals surface area contributed by atoms with E-state index in [2.05, 4.69) is 4.74 Å². The average Bonchev–Trinajstić information content (AvgIpc) is 2.71. The molecule has 1 aromatic rings. The lowest BCUT2D eigenvalue weighted by Gasteiger charge is -2.23. The van der Waals surface area contributed by atoms with E-state index in [1.807, 2.05) is 0 Å². The molecule has 106 valence electrons. The second-order valence-corrected chi connectivity index (χ2v) is 4.53. The van der Waals surface area contributed by atoms with Crippen molar-refractivity contribution in [2.24, 2.45) is 0 Å². The summed E-state index contributed by atoms with van der Waals surface area (Å²) < 4.78 is 51.0. The monoisotopic (exact) mass is 296 g/mol. The molecule has 2 unspecified atom stereocenters. The maximum absolute atomic E-state index is 12.0. The van der Waals surface area contributed by atoms with Crippen LogP contribution in [-0.4, -0.2) is 25.0 Å². The van der Waals surface area contributed by atoms with Gasteiger partial charge >= 0.3 is 6.36 Å². The zero-order chi connectivity index (χ0) is 14.1. The highest BCUT2D eigenvalue weighted by atomic mass is 35.5. The van der Waals surface area contributed by atoms with E-state index < -0.39 is 12.1 Å². The lowest BCUT2D eigenvalue weighted by Crippen LogP contribution is -2.24. The summed E-state index contributed by atoms with van der Waals surface area (Å²) in [4.78, 5) is 0. The molecule has 2 rings (SSSR count). The van der Waals surface area contributed by atoms with Crippen molar-refractivity contribution >= 4 is 11.6 Å². The first-order valence-corrected chi connectivity index (χ1v) is 6.10. The third-order valence-electron chi connectivity index (χ3n) is 2.72. The molecule has 0 spiro atoms. The van der Waals surface area contributed by atoms with Gasteiger partial charge in [-0.1, -0.05) is 0 Å². The molecule has 3 nitrogen and oxygen atoms in total. The van der Waals surface area contributed by atoms with Gasteiger partial charge in [-0.15, -0.1) is 24.8 Å². The summed E-state index contributed by atoms with van der Waals surface area (Å²) >= 11 is 5.67. The first-order valence-electron chi connectivity index (χ1n) is 5.56. The normalized spacial score (nSPS) is 27.5. The van der Waals surface area contributed by atoms with Crippen molar-refractivity contribution < 1.29 is 27.4 Å². The van der Waals surface area contributed by atoms with Crippen molar-refractivity contribution in [1.29, 1.82) is 0 Å². The zero-order valence-electron chi connectivity index (χ0n) is 10.0. The molecule has 1 heterocycles. The zero-order valence-corrected chi connectivity index (χ0v) is 10.8. The molecule has 1 aromatic carbocycles. The van der Waals surface area contributed by atoms with Crippen LogP contribution < -0.4 is 4.74 Å². The van der Waals surface area contributed by atoms with Crippen molar-refractivity contribution in [2.45, 2.75) is 25.2 Å². The van der Waals surface area contributed by atoms with Crippen LogP contribution in [0.3, 0.4) is 0 Å². The molecular weight excluding hydrogens is 285 g/mol. The molecule has 1 aliphatic heterocycles. The highest BCUT2D eigenvalue weighted by Gasteiger charge is 2.38. The molecule has 1 fully saturated rings. The average molecular weight is 297 g/mol. The van der Waals surface area contributed by atoms with E-state index >= 15 is 0 Å². The van der Waals surface area contributed by atoms with Crippen molar-refractivity contribution in [2.75, 3.05) is 12.5 Å². The van der Waals surface area contributed by atoms with Crippen molar-refractivity contribution in [3.8, 4) is 5.75 Å². The lowest BCUT2D eigenvalue weighted by atomic mass is 10.1. The number of hydrogen-bond donors (Lipinski definition) is 0. The molecular formula is C12H12ClF3O3. The van der Waals surface area contributed by atoms with E-state index in [1.165, 1.54) is 24.3 Å². The number of halogens is 4. The fourth-order valence-electron chi connectivity index (χ4n) is 1.82. The highest BCUT2D eigenvalue weighted by Crippen LogP contribution is 2.35. The van der Waals surface area contributed by atoms with Crippen molar-refractivity contribution in [3.05, 3.63) is 29.8 Å². The summed E-state index contributed by atoms with van der Waals surface area (Å²) in [7, 11) is 0. The molecule has 2 atom stereocenters. The molecule has 0 aliphatic carbocycles. The van der Waals surface area contributed by atoms with Gasteiger partial charge in [0.2, 0.25) is 0 Å². The third-order valence-corrected chi connectivity index (χ3v) is 3.06. The van der Waals surface area contributed by atoms with Crippen LogP contribution in [0.4, 0.5) is 13.2 Å². The molecule has 19 heavy (non-hydrogen) atoms. The largest absolute Gasteiger partial charge is 0.573 e. The minimum Gasteiger partial charge on any atom is -0.406 e. The van der Waals surface area contributed by atoms with E-state index in [9.17, 15) is 13.2 Å². The van der Waals surface area contributed by atoms with Crippen LogP contribution in [0.1, 0.15) is 12.5 Å². The standard InChI is InChI=1S/C12H12ClF3O3/c1-11(17-7-10(6-13)18-11)8-2-4-9(5-3-8)19-12(14,15)16/h2-5,10H,6-7H2,1H3. The summed E-state index contributed by atoms with van der Waals surface area (Å²) in [5.74, 6) is -0.979. The Morgan fingerprint density at radius 2 is 2.00 bits per heavy atom. The van der Waals surface area contributed by atoms with Gasteiger partial charge in [-0.25, -0.2) is 0 Å². The molecule has 0 bridgehead atoms. The molecule has 0 aromatic heterocycles. The molecule has 1 saturated heterocycles. The third kappa shape index (κ3) is 3.52. The molecule has 0 amide bonds. The van der Waals surface area contributed by atoms with E-state index in [1.54, 1.807) is 6.92 Å². The van der Waals surface area contributed by atoms with Gasteiger partial charge < -0.3 is 14.2 Å². The Bertz CT molecular complexity index is 435. The summed E-state index contributed by atoms with van der Waals surface area (Å²) in [5, 5.41) is 0. The van der Waals surface area contributed by atoms with E-state index in [4.69, 9.17) is 21.1 Å². The summed E-state index contributed by atoms with van der Waals surface area (Å²) in [6.45, 7) is 2.04. The maximum Gasteiger partial charge on any atom is 0.573 e. The Morgan fingerprint density at radius 3 is 2.47 bits per heavy atom. The minimum atomic E-state index is -4.70. The Hall–Kier alpha value is -0.980. The maximum atomic E-state index is 12.0. The van der Waals surface area contributed by atoms with Gasteiger partial charge in [-0.05, 0) is 31.2 Å². The molecule has 0 saturated carbocycles. The van der Waals surface area contributed by atoms with Crippen LogP contribution >= 0.6 is 11.6 Å². The van der Waals surface area contributed by atoms with Crippen LogP contribution in [0.5, 0.6) is 5.75 Å². The number of hydrogen-bond acceptors (Lipinski definition) is 3. The Kier molecular flexibility index (Phi) is 3.94. The van der Waals surface area contributed by atoms with Gasteiger partial charge in [0, 0.05) is 5.56 Å². The second-order valence-electron chi connectivity index (χ2n) is 4.22. The van der Waals surface area contributed by atoms with Crippen LogP contribution in [0.2, 0.25) is 0 Å². The van der Waals surface area contributed by atoms with E-state index in [-0.39, 0.29) is 11.9 Å². The lowest BCUT2D eigenvalue weighted by molar-refractivity contribution is -0.274. The summed E-state index contributed by atoms with van der Waals surface area (Å²) in [5.41, 5.74) is 0.606. The first kappa shape index (κ1) is 14.4. The van der Waals surface area contributed by atoms with Crippen molar-refractivity contribution in [3.63, 3.8) is 0 Å². The van der Waals surface area contributed by atoms with Gasteiger partial charge in [-0.2, -0.15) is 0 Å². The Labute approximate surface area is 113 Å². The smallest absolute Gasteiger partial charge is 0.406 e. The Balaban J connectivity index is 2.10. The fourth-order valence-corrected chi connectivity index (χ4v) is 1.98. The number of rotatable bonds is 3. The predicted molar refractivity (Wildman–Crippen MR) is 62.0 cm³/mol. The summed E-state index contributed by atoms with van der Waals surface area (Å²) in [6.07, 6.45) is -4.92. The topological polar surface area (TPSA) is 27.7 Å². The van der Waals surface area contributed by atoms with E-state index in [0.29, 0.717) is 18.1 Å². The van der Waals surface area contributed by atoms with Crippen LogP contribution in [-0.2, 0) is 15.3 Å². The van der Waals surface area contributed by atoms with Crippen LogP contribution in [0, 0.1) is 0 Å². The van der Waals surface area contributed by atoms with Gasteiger partial charge in [0.25, 0.3) is 0 Å². The SMILES string of the molecule is CC1(c2ccc(OC(F)(F)F)cc2)OCC(CCl)O1. The molecule has 7 heteroatoms. The van der Waals surface area contributed by atoms with Crippen molar-refractivity contribution in [1.82, 2.24) is 0 Å². The van der Waals surface area contributed by atoms with Gasteiger partial charge in [0.05, 0.1) is 18.6 Å². The molecule has 1 aliphatic rings. The first-order chi connectivity index (χ1) is 8.82. The summed E-state index contributed by atoms with van der Waals surface area (Å²) in [6, 6.07) is 5.37. The number of ether oxygens (including phenoxy) is 3. The van der Waals surface area contributed by atoms with Gasteiger partial charge in [0.1, 0.15) is 5.75 Å². The predicted octanol–water partition coefficient (Wildman–Crippen LogP) is 3.41. The Morgan fingerprint density at radius 1 is 1.37 bits per heavy atom. The van der Waals surface area contributed by atoms with Crippen LogP contribution in [0.15, 0.2) is 24.3 Å². The minimum absolute atomic E-state index is 0.224. The molecule has 0 radical (unpaired) electrons. The van der Waals surface area contributed by atoms with Gasteiger partial charge in [-0.3, -0.25) is 0 Å². The fraction of sp³-hybridized carbons (Fsp3) is 0.500. The second kappa shape index (κ2) is 5.19. The van der Waals surface area contributed by atoms with Gasteiger partial charge in [0.15, 0.2) is 5.79 Å². The number of benzene rings is 1. The van der Waals surface area contributed by atoms with E-state index in [0.717, 1.165) is 0 Å². The van der Waals surface area contributed by atoms with Crippen LogP contribution in [0.25, 0.3) is 0 Å².